The molecule has 0 saturated carbocycles. The number of allylic oxidation sites excluding steroid dienone is 4. The van der Waals surface area contributed by atoms with Crippen molar-refractivity contribution in [3.05, 3.63) is 149 Å². The molecule has 1 aliphatic rings. The average Bonchev–Trinajstić information content (AvgIpc) is 3.65. The van der Waals surface area contributed by atoms with Crippen LogP contribution in [-0.2, 0) is 37.1 Å². The zero-order valence-electron chi connectivity index (χ0n) is 22.8. The Morgan fingerprint density at radius 1 is 0.684 bits per heavy atom. The van der Waals surface area contributed by atoms with Crippen LogP contribution >= 0.6 is 0 Å². The molecule has 0 fully saturated rings. The quantitative estimate of drug-likeness (QED) is 0.184. The van der Waals surface area contributed by atoms with Crippen LogP contribution in [0.15, 0.2) is 121 Å². The Kier molecular flexibility index (Phi) is 10.5. The van der Waals surface area contributed by atoms with Crippen LogP contribution in [0.5, 0.6) is 0 Å². The van der Waals surface area contributed by atoms with Crippen LogP contribution < -0.4 is 0 Å². The normalized spacial score (nSPS) is 12.0. The van der Waals surface area contributed by atoms with Gasteiger partial charge in [0.2, 0.25) is 0 Å². The minimum atomic E-state index is 1.03. The van der Waals surface area contributed by atoms with E-state index in [1.807, 2.05) is 0 Å². The predicted octanol–water partition coefficient (Wildman–Crippen LogP) is 9.72. The van der Waals surface area contributed by atoms with Crippen LogP contribution in [0.1, 0.15) is 55.9 Å². The maximum atomic E-state index is 3.21. The number of hydrogen-bond acceptors (Lipinski definition) is 0. The van der Waals surface area contributed by atoms with Crippen LogP contribution in [0, 0.1) is 6.08 Å². The first-order chi connectivity index (χ1) is 18.6. The van der Waals surface area contributed by atoms with Gasteiger partial charge >= 0.3 is 99.2 Å². The molecule has 188 valence electrons. The van der Waals surface area contributed by atoms with Gasteiger partial charge in [-0.3, -0.25) is 6.08 Å². The van der Waals surface area contributed by atoms with E-state index >= 15 is 0 Å². The molecule has 0 atom stereocenters. The summed E-state index contributed by atoms with van der Waals surface area (Å²) in [7, 11) is 0. The zero-order valence-corrected chi connectivity index (χ0v) is 25.3. The standard InChI is InChI=1S/C17H17.C13H10.C7H9.Zr/c1-3-12-5-7-16-14(9-12)11-15-10-13(4-2)6-8-17(15)16;1-3-7-12(8-4-1)11-13-9-5-2-6-10-13;1-2-7-5-3-4-6-7;/h5-11H,3-4H2,1-2H3;1-10H;3,5H,2,4H2,1H3;/q-1;;-1;+2. The average molecular weight is 572 g/mol. The Morgan fingerprint density at radius 3 is 1.55 bits per heavy atom. The van der Waals surface area contributed by atoms with E-state index in [1.165, 1.54) is 76.8 Å². The van der Waals surface area contributed by atoms with E-state index in [4.69, 9.17) is 0 Å². The van der Waals surface area contributed by atoms with Crippen molar-refractivity contribution in [1.82, 2.24) is 0 Å². The molecule has 0 N–H and O–H groups in total. The SMILES string of the molecule is CCC1=[C-]CC=C1.CCc1ccc2c(c1)[cH-]c1cc(CC)ccc12.[Zr+2]=[C](c1ccccc1)c1ccccc1. The Balaban J connectivity index is 0.000000144. The van der Waals surface area contributed by atoms with Crippen LogP contribution in [0.25, 0.3) is 21.5 Å². The molecular weight excluding hydrogens is 536 g/mol. The van der Waals surface area contributed by atoms with Crippen molar-refractivity contribution in [1.29, 1.82) is 0 Å². The molecule has 6 rings (SSSR count). The second-order valence-corrected chi connectivity index (χ2v) is 10.7. The molecule has 1 aliphatic carbocycles. The van der Waals surface area contributed by atoms with Gasteiger partial charge in [0.05, 0.1) is 0 Å². The molecule has 0 aromatic heterocycles. The molecule has 0 saturated heterocycles. The molecule has 0 unspecified atom stereocenters. The molecule has 1 heteroatoms. The third kappa shape index (κ3) is 7.30. The molecule has 0 spiro atoms. The molecule has 0 radical (unpaired) electrons. The second-order valence-electron chi connectivity index (χ2n) is 9.46. The number of benzene rings is 4. The van der Waals surface area contributed by atoms with E-state index in [0.717, 1.165) is 25.7 Å². The summed E-state index contributed by atoms with van der Waals surface area (Å²) in [4.78, 5) is 0. The van der Waals surface area contributed by atoms with Crippen molar-refractivity contribution in [2.24, 2.45) is 0 Å². The van der Waals surface area contributed by atoms with Crippen LogP contribution in [0.3, 0.4) is 0 Å². The van der Waals surface area contributed by atoms with Gasteiger partial charge in [-0.2, -0.15) is 6.08 Å². The number of rotatable bonds is 5. The van der Waals surface area contributed by atoms with E-state index in [-0.39, 0.29) is 0 Å². The molecule has 5 aromatic rings. The summed E-state index contributed by atoms with van der Waals surface area (Å²) in [5.74, 6) is 0. The van der Waals surface area contributed by atoms with Gasteiger partial charge in [-0.25, -0.2) is 11.6 Å². The molecule has 0 bridgehead atoms. The zero-order chi connectivity index (χ0) is 26.7. The number of hydrogen-bond donors (Lipinski definition) is 0. The third-order valence-electron chi connectivity index (χ3n) is 6.92. The van der Waals surface area contributed by atoms with Gasteiger partial charge in [-0.1, -0.05) is 62.6 Å². The first-order valence-corrected chi connectivity index (χ1v) is 14.9. The summed E-state index contributed by atoms with van der Waals surface area (Å²) in [5, 5.41) is 5.54. The van der Waals surface area contributed by atoms with Gasteiger partial charge in [0, 0.05) is 0 Å². The van der Waals surface area contributed by atoms with Crippen LogP contribution in [0.2, 0.25) is 0 Å². The Labute approximate surface area is 243 Å². The summed E-state index contributed by atoms with van der Waals surface area (Å²) < 4.78 is 1.42. The van der Waals surface area contributed by atoms with Gasteiger partial charge < -0.3 is 0 Å². The minimum absolute atomic E-state index is 1.03. The molecule has 0 amide bonds. The maximum absolute atomic E-state index is 3.21. The van der Waals surface area contributed by atoms with Gasteiger partial charge in [0.1, 0.15) is 0 Å². The fourth-order valence-corrected chi connectivity index (χ4v) is 5.45. The molecule has 38 heavy (non-hydrogen) atoms. The Hall–Kier alpha value is -3.02. The van der Waals surface area contributed by atoms with E-state index < -0.39 is 0 Å². The van der Waals surface area contributed by atoms with Crippen molar-refractivity contribution in [3.8, 4) is 0 Å². The fourth-order valence-electron chi connectivity index (χ4n) is 4.63. The summed E-state index contributed by atoms with van der Waals surface area (Å²) in [6, 6.07) is 37.1. The van der Waals surface area contributed by atoms with Crippen molar-refractivity contribution >= 4 is 24.8 Å². The van der Waals surface area contributed by atoms with E-state index in [9.17, 15) is 0 Å². The van der Waals surface area contributed by atoms with Crippen LogP contribution in [-0.4, -0.2) is 3.21 Å². The first-order valence-electron chi connectivity index (χ1n) is 13.7. The van der Waals surface area contributed by atoms with Gasteiger partial charge in [-0.05, 0) is 12.8 Å². The predicted molar refractivity (Wildman–Crippen MR) is 163 cm³/mol. The summed E-state index contributed by atoms with van der Waals surface area (Å²) >= 11 is 1.46. The van der Waals surface area contributed by atoms with Crippen LogP contribution in [0.4, 0.5) is 0 Å². The fraction of sp³-hybridized carbons (Fsp3) is 0.189. The van der Waals surface area contributed by atoms with Crippen molar-refractivity contribution < 1.29 is 24.2 Å². The molecular formula is C37H36Zr. The number of fused-ring (bicyclic) bond motifs is 3. The van der Waals surface area contributed by atoms with Crippen molar-refractivity contribution in [3.63, 3.8) is 0 Å². The van der Waals surface area contributed by atoms with Crippen molar-refractivity contribution in [2.75, 3.05) is 0 Å². The second kappa shape index (κ2) is 14.2. The monoisotopic (exact) mass is 570 g/mol. The summed E-state index contributed by atoms with van der Waals surface area (Å²) in [6.07, 6.45) is 11.9. The van der Waals surface area contributed by atoms with Crippen molar-refractivity contribution in [2.45, 2.75) is 46.5 Å². The Morgan fingerprint density at radius 2 is 1.18 bits per heavy atom. The summed E-state index contributed by atoms with van der Waals surface area (Å²) in [6.45, 7) is 6.57. The van der Waals surface area contributed by atoms with E-state index in [1.54, 1.807) is 0 Å². The topological polar surface area (TPSA) is 0 Å². The van der Waals surface area contributed by atoms with E-state index in [2.05, 4.69) is 142 Å². The molecule has 0 heterocycles. The summed E-state index contributed by atoms with van der Waals surface area (Å²) in [5.41, 5.74) is 6.86. The van der Waals surface area contributed by atoms with Gasteiger partial charge in [0.25, 0.3) is 0 Å². The Bertz CT molecular complexity index is 1430. The van der Waals surface area contributed by atoms with E-state index in [0.29, 0.717) is 0 Å². The first kappa shape index (κ1) is 28.0. The van der Waals surface area contributed by atoms with Gasteiger partial charge in [-0.15, -0.1) is 46.2 Å². The molecule has 0 aliphatic heterocycles. The molecule has 5 aromatic carbocycles. The molecule has 0 nitrogen and oxygen atoms in total. The van der Waals surface area contributed by atoms with Gasteiger partial charge in [0.15, 0.2) is 0 Å². The number of aryl methyl sites for hydroxylation is 2. The third-order valence-corrected chi connectivity index (χ3v) is 8.34.